The van der Waals surface area contributed by atoms with Gasteiger partial charge in [-0.15, -0.1) is 0 Å². The summed E-state index contributed by atoms with van der Waals surface area (Å²) in [4.78, 5) is 29.9. The summed E-state index contributed by atoms with van der Waals surface area (Å²) < 4.78 is 29.9. The van der Waals surface area contributed by atoms with Crippen LogP contribution in [0.1, 0.15) is 36.5 Å². The molecule has 1 atom stereocenters. The summed E-state index contributed by atoms with van der Waals surface area (Å²) >= 11 is 3.44. The number of rotatable bonds is 14. The number of carbonyl (C=O) groups is 2. The van der Waals surface area contributed by atoms with Gasteiger partial charge in [-0.3, -0.25) is 13.9 Å². The van der Waals surface area contributed by atoms with Gasteiger partial charge in [0.05, 0.1) is 10.6 Å². The van der Waals surface area contributed by atoms with Gasteiger partial charge in [-0.1, -0.05) is 114 Å². The second-order valence-electron chi connectivity index (χ2n) is 10.7. The second kappa shape index (κ2) is 15.7. The highest BCUT2D eigenvalue weighted by Crippen LogP contribution is 2.27. The van der Waals surface area contributed by atoms with Gasteiger partial charge in [0.25, 0.3) is 10.0 Å². The number of nitrogens with zero attached hydrogens (tertiary/aromatic N) is 2. The number of aryl methyl sites for hydroxylation is 1. The molecule has 0 radical (unpaired) electrons. The first-order valence-corrected chi connectivity index (χ1v) is 16.9. The summed E-state index contributed by atoms with van der Waals surface area (Å²) in [5.41, 5.74) is 3.09. The van der Waals surface area contributed by atoms with Crippen molar-refractivity contribution in [2.75, 3.05) is 17.4 Å². The third kappa shape index (κ3) is 8.80. The van der Waals surface area contributed by atoms with Crippen LogP contribution >= 0.6 is 15.9 Å². The van der Waals surface area contributed by atoms with Gasteiger partial charge in [-0.05, 0) is 54.8 Å². The molecular formula is C35H38BrN3O4S. The fourth-order valence-corrected chi connectivity index (χ4v) is 6.76. The molecule has 230 valence electrons. The number of sulfonamides is 1. The normalized spacial score (nSPS) is 11.9. The maximum atomic E-state index is 14.5. The summed E-state index contributed by atoms with van der Waals surface area (Å²) in [6.45, 7) is 4.14. The molecule has 4 aromatic rings. The molecule has 1 N–H and O–H groups in total. The van der Waals surface area contributed by atoms with Crippen molar-refractivity contribution in [2.45, 2.75) is 50.6 Å². The Morgan fingerprint density at radius 3 is 2.16 bits per heavy atom. The molecular weight excluding hydrogens is 638 g/mol. The van der Waals surface area contributed by atoms with E-state index in [-0.39, 0.29) is 23.8 Å². The molecule has 0 aliphatic carbocycles. The van der Waals surface area contributed by atoms with E-state index < -0.39 is 28.5 Å². The Hall–Kier alpha value is -3.95. The summed E-state index contributed by atoms with van der Waals surface area (Å²) in [5, 5.41) is 3.01. The predicted octanol–water partition coefficient (Wildman–Crippen LogP) is 6.51. The molecule has 0 saturated carbocycles. The number of hydrogen-bond acceptors (Lipinski definition) is 4. The molecule has 4 rings (SSSR count). The largest absolute Gasteiger partial charge is 0.354 e. The zero-order valence-electron chi connectivity index (χ0n) is 25.0. The van der Waals surface area contributed by atoms with Crippen LogP contribution in [0.15, 0.2) is 119 Å². The molecule has 44 heavy (non-hydrogen) atoms. The molecule has 0 spiro atoms. The van der Waals surface area contributed by atoms with Crippen LogP contribution in [0.4, 0.5) is 5.69 Å². The van der Waals surface area contributed by atoms with Crippen LogP contribution in [-0.2, 0) is 32.6 Å². The molecule has 0 unspecified atom stereocenters. The van der Waals surface area contributed by atoms with Gasteiger partial charge in [0.2, 0.25) is 11.8 Å². The molecule has 0 aliphatic heterocycles. The smallest absolute Gasteiger partial charge is 0.264 e. The van der Waals surface area contributed by atoms with E-state index in [1.54, 1.807) is 42.5 Å². The average Bonchev–Trinajstić information content (AvgIpc) is 3.02. The number of nitrogens with one attached hydrogen (secondary N) is 1. The molecule has 2 amide bonds. The first kappa shape index (κ1) is 33.0. The highest BCUT2D eigenvalue weighted by molar-refractivity contribution is 9.10. The molecule has 7 nitrogen and oxygen atoms in total. The lowest BCUT2D eigenvalue weighted by Crippen LogP contribution is -2.53. The second-order valence-corrected chi connectivity index (χ2v) is 13.4. The van der Waals surface area contributed by atoms with E-state index in [4.69, 9.17) is 0 Å². The highest BCUT2D eigenvalue weighted by atomic mass is 79.9. The molecule has 0 heterocycles. The van der Waals surface area contributed by atoms with Crippen LogP contribution in [0.2, 0.25) is 0 Å². The first-order chi connectivity index (χ1) is 21.2. The Morgan fingerprint density at radius 2 is 1.50 bits per heavy atom. The van der Waals surface area contributed by atoms with Gasteiger partial charge in [0.15, 0.2) is 0 Å². The van der Waals surface area contributed by atoms with Crippen LogP contribution < -0.4 is 9.62 Å². The third-order valence-electron chi connectivity index (χ3n) is 7.24. The summed E-state index contributed by atoms with van der Waals surface area (Å²) in [7, 11) is -4.14. The van der Waals surface area contributed by atoms with Crippen LogP contribution in [0.25, 0.3) is 0 Å². The van der Waals surface area contributed by atoms with Crippen molar-refractivity contribution in [3.05, 3.63) is 130 Å². The van der Waals surface area contributed by atoms with Crippen molar-refractivity contribution >= 4 is 43.5 Å². The Labute approximate surface area is 269 Å². The standard InChI is InChI=1S/C35H38BrN3O4S/c1-3-4-21-37-35(41)33(23-28-14-7-5-8-15-28)38(25-29-16-11-13-27(2)22-29)34(40)26-39(31-18-12-17-30(36)24-31)44(42,43)32-19-9-6-10-20-32/h5-20,22,24,33H,3-4,21,23,25-26H2,1-2H3,(H,37,41)/t33-/m1/s1. The zero-order chi connectivity index (χ0) is 31.5. The molecule has 0 saturated heterocycles. The van der Waals surface area contributed by atoms with Gasteiger partial charge in [-0.25, -0.2) is 8.42 Å². The zero-order valence-corrected chi connectivity index (χ0v) is 27.4. The number of unbranched alkanes of at least 4 members (excludes halogenated alkanes) is 1. The Bertz CT molecular complexity index is 1650. The monoisotopic (exact) mass is 675 g/mol. The van der Waals surface area contributed by atoms with E-state index in [1.165, 1.54) is 17.0 Å². The number of carbonyl (C=O) groups excluding carboxylic acids is 2. The van der Waals surface area contributed by atoms with Crippen LogP contribution in [0.3, 0.4) is 0 Å². The van der Waals surface area contributed by atoms with Crippen LogP contribution in [0.5, 0.6) is 0 Å². The van der Waals surface area contributed by atoms with Crippen molar-refractivity contribution in [3.8, 4) is 0 Å². The lowest BCUT2D eigenvalue weighted by atomic mass is 10.0. The Balaban J connectivity index is 1.78. The van der Waals surface area contributed by atoms with Gasteiger partial charge < -0.3 is 10.2 Å². The topological polar surface area (TPSA) is 86.8 Å². The average molecular weight is 677 g/mol. The minimum Gasteiger partial charge on any atom is -0.354 e. The van der Waals surface area contributed by atoms with Crippen LogP contribution in [-0.4, -0.2) is 44.3 Å². The molecule has 0 aliphatic rings. The van der Waals surface area contributed by atoms with Crippen molar-refractivity contribution < 1.29 is 18.0 Å². The lowest BCUT2D eigenvalue weighted by molar-refractivity contribution is -0.140. The minimum atomic E-state index is -4.14. The van der Waals surface area contributed by atoms with E-state index >= 15 is 0 Å². The molecule has 9 heteroatoms. The van der Waals surface area contributed by atoms with Crippen molar-refractivity contribution in [3.63, 3.8) is 0 Å². The van der Waals surface area contributed by atoms with E-state index in [0.29, 0.717) is 16.7 Å². The Morgan fingerprint density at radius 1 is 0.841 bits per heavy atom. The molecule has 0 bridgehead atoms. The minimum absolute atomic E-state index is 0.0659. The van der Waals surface area contributed by atoms with Gasteiger partial charge in [-0.2, -0.15) is 0 Å². The Kier molecular flexibility index (Phi) is 11.7. The number of halogens is 1. The van der Waals surface area contributed by atoms with Gasteiger partial charge >= 0.3 is 0 Å². The number of hydrogen-bond donors (Lipinski definition) is 1. The number of anilines is 1. The van der Waals surface area contributed by atoms with E-state index in [2.05, 4.69) is 21.2 Å². The lowest BCUT2D eigenvalue weighted by Gasteiger charge is -2.34. The third-order valence-corrected chi connectivity index (χ3v) is 9.52. The SMILES string of the molecule is CCCCNC(=O)[C@@H](Cc1ccccc1)N(Cc1cccc(C)c1)C(=O)CN(c1cccc(Br)c1)S(=O)(=O)c1ccccc1. The van der Waals surface area contributed by atoms with E-state index in [1.807, 2.05) is 68.4 Å². The fourth-order valence-electron chi connectivity index (χ4n) is 4.95. The van der Waals surface area contributed by atoms with Gasteiger partial charge in [0.1, 0.15) is 12.6 Å². The van der Waals surface area contributed by atoms with Crippen molar-refractivity contribution in [2.24, 2.45) is 0 Å². The highest BCUT2D eigenvalue weighted by Gasteiger charge is 2.34. The number of amides is 2. The summed E-state index contributed by atoms with van der Waals surface area (Å²) in [5.74, 6) is -0.763. The summed E-state index contributed by atoms with van der Waals surface area (Å²) in [6.07, 6.45) is 1.99. The maximum Gasteiger partial charge on any atom is 0.264 e. The molecule has 4 aromatic carbocycles. The fraction of sp³-hybridized carbons (Fsp3) is 0.257. The van der Waals surface area contributed by atoms with Crippen molar-refractivity contribution in [1.82, 2.24) is 10.2 Å². The van der Waals surface area contributed by atoms with Crippen LogP contribution in [0, 0.1) is 6.92 Å². The van der Waals surface area contributed by atoms with E-state index in [9.17, 15) is 18.0 Å². The summed E-state index contributed by atoms with van der Waals surface area (Å²) in [6, 6.07) is 31.3. The molecule has 0 fully saturated rings. The number of benzene rings is 4. The predicted molar refractivity (Wildman–Crippen MR) is 179 cm³/mol. The van der Waals surface area contributed by atoms with E-state index in [0.717, 1.165) is 33.8 Å². The van der Waals surface area contributed by atoms with Crippen molar-refractivity contribution in [1.29, 1.82) is 0 Å². The maximum absolute atomic E-state index is 14.5. The molecule has 0 aromatic heterocycles. The van der Waals surface area contributed by atoms with Gasteiger partial charge in [0, 0.05) is 24.0 Å². The quantitative estimate of drug-likeness (QED) is 0.154. The first-order valence-electron chi connectivity index (χ1n) is 14.7.